The first-order valence-corrected chi connectivity index (χ1v) is 12.6. The van der Waals surface area contributed by atoms with Crippen molar-refractivity contribution in [1.29, 1.82) is 5.26 Å². The van der Waals surface area contributed by atoms with Crippen LogP contribution >= 0.6 is 34.7 Å². The van der Waals surface area contributed by atoms with Gasteiger partial charge in [-0.1, -0.05) is 48.5 Å². The number of thioether (sulfide) groups is 1. The molecule has 7 nitrogen and oxygen atoms in total. The molecule has 0 saturated heterocycles. The number of benzene rings is 1. The number of nitriles is 1. The standard InChI is InChI=1S/C22H23ClN6OS2/c1-2-17(19(30)26-20-15(11-24)14-8-4-6-10-18(14)32-20)29-21(25)27-28-22(29)31-12-13-7-3-5-9-16(13)23/h3,5,7,9,17H,2,4,6,8,10,12H2,1H3,(H2,25,27)(H,26,30). The van der Waals surface area contributed by atoms with Crippen LogP contribution in [0.25, 0.3) is 0 Å². The Labute approximate surface area is 200 Å². The van der Waals surface area contributed by atoms with Crippen molar-refractivity contribution in [2.75, 3.05) is 11.1 Å². The maximum absolute atomic E-state index is 13.3. The predicted octanol–water partition coefficient (Wildman–Crippen LogP) is 5.21. The van der Waals surface area contributed by atoms with Crippen molar-refractivity contribution in [3.8, 4) is 6.07 Å². The van der Waals surface area contributed by atoms with E-state index in [0.717, 1.165) is 36.8 Å². The number of carbonyl (C=O) groups is 1. The molecule has 2 heterocycles. The van der Waals surface area contributed by atoms with Crippen LogP contribution in [-0.4, -0.2) is 20.7 Å². The molecular weight excluding hydrogens is 464 g/mol. The molecule has 1 aliphatic rings. The minimum Gasteiger partial charge on any atom is -0.368 e. The zero-order valence-electron chi connectivity index (χ0n) is 17.6. The zero-order valence-corrected chi connectivity index (χ0v) is 20.0. The monoisotopic (exact) mass is 486 g/mol. The van der Waals surface area contributed by atoms with Gasteiger partial charge in [-0.15, -0.1) is 21.5 Å². The van der Waals surface area contributed by atoms with Crippen molar-refractivity contribution in [3.05, 3.63) is 50.9 Å². The van der Waals surface area contributed by atoms with Gasteiger partial charge in [-0.25, -0.2) is 0 Å². The molecule has 0 spiro atoms. The summed E-state index contributed by atoms with van der Waals surface area (Å²) in [6.45, 7) is 1.91. The highest BCUT2D eigenvalue weighted by atomic mass is 35.5. The third-order valence-corrected chi connectivity index (χ3v) is 8.09. The summed E-state index contributed by atoms with van der Waals surface area (Å²) >= 11 is 9.21. The molecule has 4 rings (SSSR count). The molecule has 3 aromatic rings. The molecule has 10 heteroatoms. The topological polar surface area (TPSA) is 110 Å². The lowest BCUT2D eigenvalue weighted by Crippen LogP contribution is -2.27. The number of carbonyl (C=O) groups excluding carboxylic acids is 1. The number of anilines is 2. The van der Waals surface area contributed by atoms with Crippen LogP contribution in [0.1, 0.15) is 53.8 Å². The molecule has 0 radical (unpaired) electrons. The number of hydrogen-bond acceptors (Lipinski definition) is 7. The van der Waals surface area contributed by atoms with Crippen molar-refractivity contribution in [2.45, 2.75) is 56.0 Å². The fourth-order valence-corrected chi connectivity index (χ4v) is 6.41. The van der Waals surface area contributed by atoms with E-state index in [9.17, 15) is 10.1 Å². The van der Waals surface area contributed by atoms with E-state index in [1.807, 2.05) is 31.2 Å². The van der Waals surface area contributed by atoms with Crippen LogP contribution in [0.15, 0.2) is 29.4 Å². The number of nitrogens with two attached hydrogens (primary N) is 1. The lowest BCUT2D eigenvalue weighted by molar-refractivity contribution is -0.119. The van der Waals surface area contributed by atoms with Crippen molar-refractivity contribution in [1.82, 2.24) is 14.8 Å². The fourth-order valence-electron chi connectivity index (χ4n) is 3.89. The number of nitrogens with one attached hydrogen (secondary N) is 1. The average molecular weight is 487 g/mol. The molecule has 1 aromatic carbocycles. The van der Waals surface area contributed by atoms with E-state index in [1.165, 1.54) is 28.0 Å². The summed E-state index contributed by atoms with van der Waals surface area (Å²) in [6.07, 6.45) is 4.55. The van der Waals surface area contributed by atoms with Gasteiger partial charge in [0.2, 0.25) is 11.9 Å². The number of aryl methyl sites for hydroxylation is 1. The van der Waals surface area contributed by atoms with E-state index in [2.05, 4.69) is 21.6 Å². The van der Waals surface area contributed by atoms with Gasteiger partial charge >= 0.3 is 0 Å². The smallest absolute Gasteiger partial charge is 0.248 e. The number of nitrogens with zero attached hydrogens (tertiary/aromatic N) is 4. The van der Waals surface area contributed by atoms with E-state index in [0.29, 0.717) is 32.9 Å². The van der Waals surface area contributed by atoms with E-state index in [-0.39, 0.29) is 11.9 Å². The first kappa shape index (κ1) is 22.6. The van der Waals surface area contributed by atoms with Crippen molar-refractivity contribution in [3.63, 3.8) is 0 Å². The number of nitrogen functional groups attached to an aromatic ring is 1. The maximum atomic E-state index is 13.3. The molecule has 3 N–H and O–H groups in total. The predicted molar refractivity (Wildman–Crippen MR) is 129 cm³/mol. The average Bonchev–Trinajstić information content (AvgIpc) is 3.33. The van der Waals surface area contributed by atoms with Gasteiger partial charge in [-0.05, 0) is 49.3 Å². The quantitative estimate of drug-likeness (QED) is 0.443. The molecular formula is C22H23ClN6OS2. The van der Waals surface area contributed by atoms with Crippen LogP contribution in [0.5, 0.6) is 0 Å². The molecule has 1 atom stereocenters. The van der Waals surface area contributed by atoms with Gasteiger partial charge in [-0.2, -0.15) is 5.26 Å². The Hall–Kier alpha value is -2.54. The lowest BCUT2D eigenvalue weighted by Gasteiger charge is -2.19. The summed E-state index contributed by atoms with van der Waals surface area (Å²) in [6, 6.07) is 9.29. The van der Waals surface area contributed by atoms with E-state index in [4.69, 9.17) is 17.3 Å². The van der Waals surface area contributed by atoms with Gasteiger partial charge in [0.1, 0.15) is 17.1 Å². The summed E-state index contributed by atoms with van der Waals surface area (Å²) in [5, 5.41) is 22.7. The summed E-state index contributed by atoms with van der Waals surface area (Å²) in [5.41, 5.74) is 8.75. The largest absolute Gasteiger partial charge is 0.368 e. The van der Waals surface area contributed by atoms with Gasteiger partial charge in [0.25, 0.3) is 0 Å². The minimum atomic E-state index is -0.593. The van der Waals surface area contributed by atoms with Crippen LogP contribution in [0, 0.1) is 11.3 Å². The Morgan fingerprint density at radius 1 is 1.38 bits per heavy atom. The van der Waals surface area contributed by atoms with Gasteiger partial charge < -0.3 is 11.1 Å². The third-order valence-electron chi connectivity index (χ3n) is 5.53. The van der Waals surface area contributed by atoms with Gasteiger partial charge in [0, 0.05) is 15.7 Å². The molecule has 0 saturated carbocycles. The Bertz CT molecular complexity index is 1180. The van der Waals surface area contributed by atoms with Gasteiger partial charge in [0.15, 0.2) is 5.16 Å². The summed E-state index contributed by atoms with van der Waals surface area (Å²) in [7, 11) is 0. The number of aromatic nitrogens is 3. The van der Waals surface area contributed by atoms with Gasteiger partial charge in [-0.3, -0.25) is 9.36 Å². The second-order valence-corrected chi connectivity index (χ2v) is 9.99. The van der Waals surface area contributed by atoms with E-state index in [1.54, 1.807) is 4.57 Å². The highest BCUT2D eigenvalue weighted by molar-refractivity contribution is 7.98. The third kappa shape index (κ3) is 4.49. The van der Waals surface area contributed by atoms with Crippen LogP contribution in [-0.2, 0) is 23.4 Å². The Morgan fingerprint density at radius 3 is 2.91 bits per heavy atom. The summed E-state index contributed by atoms with van der Waals surface area (Å²) in [4.78, 5) is 14.5. The Morgan fingerprint density at radius 2 is 2.16 bits per heavy atom. The second kappa shape index (κ2) is 9.94. The number of amides is 1. The first-order chi connectivity index (χ1) is 15.5. The van der Waals surface area contributed by atoms with Crippen molar-refractivity contribution >= 4 is 51.6 Å². The molecule has 32 heavy (non-hydrogen) atoms. The number of thiophene rings is 1. The second-order valence-electron chi connectivity index (χ2n) is 7.53. The van der Waals surface area contributed by atoms with Crippen LogP contribution in [0.3, 0.4) is 0 Å². The minimum absolute atomic E-state index is 0.180. The van der Waals surface area contributed by atoms with E-state index < -0.39 is 6.04 Å². The lowest BCUT2D eigenvalue weighted by atomic mass is 9.96. The number of fused-ring (bicyclic) bond motifs is 1. The van der Waals surface area contributed by atoms with E-state index >= 15 is 0 Å². The normalized spacial score (nSPS) is 13.9. The first-order valence-electron chi connectivity index (χ1n) is 10.5. The number of rotatable bonds is 7. The summed E-state index contributed by atoms with van der Waals surface area (Å²) in [5.74, 6) is 0.528. The zero-order chi connectivity index (χ0) is 22.7. The fraction of sp³-hybridized carbons (Fsp3) is 0.364. The van der Waals surface area contributed by atoms with Crippen LogP contribution in [0.4, 0.5) is 10.9 Å². The highest BCUT2D eigenvalue weighted by Crippen LogP contribution is 2.38. The number of hydrogen-bond donors (Lipinski definition) is 2. The van der Waals surface area contributed by atoms with Crippen LogP contribution < -0.4 is 11.1 Å². The molecule has 1 unspecified atom stereocenters. The molecule has 0 fully saturated rings. The summed E-state index contributed by atoms with van der Waals surface area (Å²) < 4.78 is 1.66. The van der Waals surface area contributed by atoms with Crippen LogP contribution in [0.2, 0.25) is 5.02 Å². The highest BCUT2D eigenvalue weighted by Gasteiger charge is 2.28. The van der Waals surface area contributed by atoms with Gasteiger partial charge in [0.05, 0.1) is 5.56 Å². The maximum Gasteiger partial charge on any atom is 0.248 e. The number of halogens is 1. The van der Waals surface area contributed by atoms with Crippen molar-refractivity contribution < 1.29 is 4.79 Å². The Balaban J connectivity index is 1.56. The molecule has 166 valence electrons. The Kier molecular flexibility index (Phi) is 7.04. The SMILES string of the molecule is CCC(C(=O)Nc1sc2c(c1C#N)CCCC2)n1c(N)nnc1SCc1ccccc1Cl. The van der Waals surface area contributed by atoms with Crippen molar-refractivity contribution in [2.24, 2.45) is 0 Å². The molecule has 2 aromatic heterocycles. The molecule has 1 aliphatic carbocycles. The molecule has 0 bridgehead atoms. The molecule has 1 amide bonds. The molecule has 0 aliphatic heterocycles.